The Kier molecular flexibility index (Phi) is 3.93. The molecule has 1 aromatic carbocycles. The van der Waals surface area contributed by atoms with Crippen molar-refractivity contribution in [3.63, 3.8) is 0 Å². The van der Waals surface area contributed by atoms with Crippen LogP contribution in [0.1, 0.15) is 22.0 Å². The number of aryl methyl sites for hydroxylation is 1. The van der Waals surface area contributed by atoms with Gasteiger partial charge in [0.15, 0.2) is 0 Å². The van der Waals surface area contributed by atoms with Crippen molar-refractivity contribution in [3.05, 3.63) is 55.9 Å². The van der Waals surface area contributed by atoms with E-state index in [4.69, 9.17) is 5.84 Å². The monoisotopic (exact) mass is 314 g/mol. The normalized spacial score (nSPS) is 12.7. The third kappa shape index (κ3) is 2.74. The molecular formula is C12H12BrFN2S. The van der Waals surface area contributed by atoms with Crippen LogP contribution in [0.15, 0.2) is 34.1 Å². The molecule has 0 aliphatic carbocycles. The number of nitrogens with one attached hydrogen (secondary N) is 1. The van der Waals surface area contributed by atoms with Gasteiger partial charge in [-0.15, -0.1) is 11.3 Å². The van der Waals surface area contributed by atoms with Crippen LogP contribution < -0.4 is 11.3 Å². The van der Waals surface area contributed by atoms with Crippen LogP contribution >= 0.6 is 27.3 Å². The highest BCUT2D eigenvalue weighted by Crippen LogP contribution is 2.33. The van der Waals surface area contributed by atoms with Crippen molar-refractivity contribution in [2.24, 2.45) is 5.84 Å². The Hall–Kier alpha value is -0.750. The predicted molar refractivity (Wildman–Crippen MR) is 72.3 cm³/mol. The second-order valence-corrected chi connectivity index (χ2v) is 6.16. The van der Waals surface area contributed by atoms with Crippen LogP contribution in [0, 0.1) is 12.7 Å². The van der Waals surface area contributed by atoms with Crippen molar-refractivity contribution in [2.45, 2.75) is 13.0 Å². The van der Waals surface area contributed by atoms with E-state index in [0.717, 1.165) is 14.2 Å². The summed E-state index contributed by atoms with van der Waals surface area (Å²) in [4.78, 5) is 1.10. The SMILES string of the molecule is Cc1cc(C(NN)c2ccc(F)cc2)sc1Br. The van der Waals surface area contributed by atoms with Crippen LogP contribution in [0.2, 0.25) is 0 Å². The molecule has 2 nitrogen and oxygen atoms in total. The third-order valence-electron chi connectivity index (χ3n) is 2.53. The maximum absolute atomic E-state index is 12.9. The molecule has 0 saturated carbocycles. The van der Waals surface area contributed by atoms with Crippen molar-refractivity contribution >= 4 is 27.3 Å². The predicted octanol–water partition coefficient (Wildman–Crippen LogP) is 3.51. The number of halogens is 2. The van der Waals surface area contributed by atoms with Crippen molar-refractivity contribution in [2.75, 3.05) is 0 Å². The minimum atomic E-state index is -0.243. The first kappa shape index (κ1) is 12.7. The zero-order chi connectivity index (χ0) is 12.4. The van der Waals surface area contributed by atoms with E-state index >= 15 is 0 Å². The lowest BCUT2D eigenvalue weighted by Crippen LogP contribution is -2.28. The number of thiophene rings is 1. The largest absolute Gasteiger partial charge is 0.271 e. The number of rotatable bonds is 3. The van der Waals surface area contributed by atoms with Crippen LogP contribution in [0.25, 0.3) is 0 Å². The molecule has 0 amide bonds. The Bertz CT molecular complexity index is 490. The van der Waals surface area contributed by atoms with E-state index in [2.05, 4.69) is 27.4 Å². The van der Waals surface area contributed by atoms with E-state index < -0.39 is 0 Å². The van der Waals surface area contributed by atoms with Crippen LogP contribution in [-0.2, 0) is 0 Å². The lowest BCUT2D eigenvalue weighted by atomic mass is 10.1. The maximum atomic E-state index is 12.9. The minimum Gasteiger partial charge on any atom is -0.271 e. The van der Waals surface area contributed by atoms with E-state index in [1.54, 1.807) is 23.5 Å². The fourth-order valence-electron chi connectivity index (χ4n) is 1.62. The zero-order valence-electron chi connectivity index (χ0n) is 9.21. The van der Waals surface area contributed by atoms with Gasteiger partial charge in [-0.05, 0) is 52.2 Å². The van der Waals surface area contributed by atoms with Crippen molar-refractivity contribution in [1.29, 1.82) is 0 Å². The highest BCUT2D eigenvalue weighted by atomic mass is 79.9. The summed E-state index contributed by atoms with van der Waals surface area (Å²) in [6.45, 7) is 2.03. The Morgan fingerprint density at radius 2 is 2.00 bits per heavy atom. The van der Waals surface area contributed by atoms with Gasteiger partial charge < -0.3 is 0 Å². The van der Waals surface area contributed by atoms with Gasteiger partial charge >= 0.3 is 0 Å². The van der Waals surface area contributed by atoms with Gasteiger partial charge in [0.25, 0.3) is 0 Å². The Balaban J connectivity index is 2.36. The van der Waals surface area contributed by atoms with E-state index in [9.17, 15) is 4.39 Å². The first-order chi connectivity index (χ1) is 8.11. The summed E-state index contributed by atoms with van der Waals surface area (Å²) >= 11 is 5.11. The average molecular weight is 315 g/mol. The van der Waals surface area contributed by atoms with Crippen molar-refractivity contribution in [1.82, 2.24) is 5.43 Å². The average Bonchev–Trinajstić information content (AvgIpc) is 2.63. The molecule has 2 rings (SSSR count). The molecule has 0 fully saturated rings. The van der Waals surface area contributed by atoms with Crippen LogP contribution in [0.3, 0.4) is 0 Å². The minimum absolute atomic E-state index is 0.106. The van der Waals surface area contributed by atoms with Gasteiger partial charge in [-0.2, -0.15) is 0 Å². The molecule has 1 atom stereocenters. The van der Waals surface area contributed by atoms with Crippen LogP contribution in [0.5, 0.6) is 0 Å². The highest BCUT2D eigenvalue weighted by Gasteiger charge is 2.15. The Labute approximate surface area is 112 Å². The zero-order valence-corrected chi connectivity index (χ0v) is 11.6. The van der Waals surface area contributed by atoms with Gasteiger partial charge in [0.05, 0.1) is 9.83 Å². The Morgan fingerprint density at radius 1 is 1.35 bits per heavy atom. The van der Waals surface area contributed by atoms with Crippen molar-refractivity contribution in [3.8, 4) is 0 Å². The van der Waals surface area contributed by atoms with Crippen LogP contribution in [0.4, 0.5) is 4.39 Å². The van der Waals surface area contributed by atoms with E-state index in [1.807, 2.05) is 6.92 Å². The highest BCUT2D eigenvalue weighted by molar-refractivity contribution is 9.11. The summed E-state index contributed by atoms with van der Waals surface area (Å²) < 4.78 is 14.0. The topological polar surface area (TPSA) is 38.0 Å². The smallest absolute Gasteiger partial charge is 0.123 e. The standard InChI is InChI=1S/C12H12BrFN2S/c1-7-6-10(17-12(7)13)11(16-15)8-2-4-9(14)5-3-8/h2-6,11,16H,15H2,1H3. The van der Waals surface area contributed by atoms with Gasteiger partial charge in [-0.1, -0.05) is 12.1 Å². The first-order valence-corrected chi connectivity index (χ1v) is 6.70. The molecule has 90 valence electrons. The van der Waals surface area contributed by atoms with E-state index in [0.29, 0.717) is 0 Å². The number of hydrogen-bond donors (Lipinski definition) is 2. The van der Waals surface area contributed by atoms with Gasteiger partial charge in [-0.3, -0.25) is 5.84 Å². The second-order valence-electron chi connectivity index (χ2n) is 3.76. The third-order valence-corrected chi connectivity index (χ3v) is 4.73. The molecule has 0 bridgehead atoms. The van der Waals surface area contributed by atoms with E-state index in [1.165, 1.54) is 17.7 Å². The van der Waals surface area contributed by atoms with Gasteiger partial charge in [-0.25, -0.2) is 9.82 Å². The Morgan fingerprint density at radius 3 is 2.47 bits per heavy atom. The molecule has 1 aromatic heterocycles. The summed E-state index contributed by atoms with van der Waals surface area (Å²) in [6, 6.07) is 8.32. The number of benzene rings is 1. The second kappa shape index (κ2) is 5.27. The molecule has 0 saturated heterocycles. The summed E-state index contributed by atoms with van der Waals surface area (Å²) in [6.07, 6.45) is 0. The maximum Gasteiger partial charge on any atom is 0.123 e. The molecule has 2 aromatic rings. The van der Waals surface area contributed by atoms with Crippen molar-refractivity contribution < 1.29 is 4.39 Å². The lowest BCUT2D eigenvalue weighted by molar-refractivity contribution is 0.618. The molecular weight excluding hydrogens is 303 g/mol. The molecule has 0 radical (unpaired) electrons. The fraction of sp³-hybridized carbons (Fsp3) is 0.167. The fourth-order valence-corrected chi connectivity index (χ4v) is 3.28. The van der Waals surface area contributed by atoms with Crippen LogP contribution in [-0.4, -0.2) is 0 Å². The van der Waals surface area contributed by atoms with Gasteiger partial charge in [0.1, 0.15) is 5.82 Å². The summed E-state index contributed by atoms with van der Waals surface area (Å²) in [5, 5.41) is 0. The van der Waals surface area contributed by atoms with E-state index in [-0.39, 0.29) is 11.9 Å². The van der Waals surface area contributed by atoms with Gasteiger partial charge in [0, 0.05) is 4.88 Å². The summed E-state index contributed by atoms with van der Waals surface area (Å²) in [7, 11) is 0. The number of nitrogens with two attached hydrogens (primary N) is 1. The molecule has 5 heteroatoms. The summed E-state index contributed by atoms with van der Waals surface area (Å²) in [5.74, 6) is 5.34. The van der Waals surface area contributed by atoms with Gasteiger partial charge in [0.2, 0.25) is 0 Å². The quantitative estimate of drug-likeness (QED) is 0.672. The molecule has 17 heavy (non-hydrogen) atoms. The molecule has 0 aliphatic rings. The molecule has 1 heterocycles. The number of hydrazine groups is 1. The molecule has 0 spiro atoms. The first-order valence-electron chi connectivity index (χ1n) is 5.09. The number of hydrogen-bond acceptors (Lipinski definition) is 3. The summed E-state index contributed by atoms with van der Waals surface area (Å²) in [5.41, 5.74) is 4.88. The molecule has 1 unspecified atom stereocenters. The lowest BCUT2D eigenvalue weighted by Gasteiger charge is -2.14. The molecule has 3 N–H and O–H groups in total. The molecule has 0 aliphatic heterocycles.